The van der Waals surface area contributed by atoms with E-state index in [1.54, 1.807) is 4.31 Å². The van der Waals surface area contributed by atoms with Crippen molar-refractivity contribution in [2.45, 2.75) is 44.7 Å². The van der Waals surface area contributed by atoms with E-state index in [0.717, 1.165) is 45.3 Å². The van der Waals surface area contributed by atoms with Crippen LogP contribution in [0.15, 0.2) is 30.3 Å². The summed E-state index contributed by atoms with van der Waals surface area (Å²) in [5.41, 5.74) is 1.29. The Hall–Kier alpha value is -1.44. The van der Waals surface area contributed by atoms with Gasteiger partial charge in [0.1, 0.15) is 0 Å². The second kappa shape index (κ2) is 9.17. The van der Waals surface area contributed by atoms with Crippen molar-refractivity contribution in [2.75, 3.05) is 39.0 Å². The Balaban J connectivity index is 1.46. The second-order valence-corrected chi connectivity index (χ2v) is 9.64. The molecule has 1 aliphatic heterocycles. The van der Waals surface area contributed by atoms with Gasteiger partial charge in [0.15, 0.2) is 0 Å². The highest BCUT2D eigenvalue weighted by Crippen LogP contribution is 2.25. The van der Waals surface area contributed by atoms with Gasteiger partial charge in [0, 0.05) is 51.7 Å². The number of nitrogens with zero attached hydrogens (tertiary/aromatic N) is 3. The average Bonchev–Trinajstić information content (AvgIpc) is 3.16. The van der Waals surface area contributed by atoms with Crippen LogP contribution in [0, 0.1) is 0 Å². The van der Waals surface area contributed by atoms with Gasteiger partial charge in [-0.1, -0.05) is 43.2 Å². The third-order valence-corrected chi connectivity index (χ3v) is 7.01. The first-order valence-corrected chi connectivity index (χ1v) is 11.8. The molecule has 6 nitrogen and oxygen atoms in total. The van der Waals surface area contributed by atoms with E-state index in [1.165, 1.54) is 11.8 Å². The van der Waals surface area contributed by atoms with Gasteiger partial charge in [-0.05, 0) is 18.4 Å². The standard InChI is InChI=1S/C20H31N3O3S/c1-27(25,26)23(19-9-5-6-10-19)12-11-20(24)22-15-13-21(14-16-22)17-18-7-3-2-4-8-18/h2-4,7-8,19H,5-6,9-17H2,1H3. The third-order valence-electron chi connectivity index (χ3n) is 5.68. The lowest BCUT2D eigenvalue weighted by molar-refractivity contribution is -0.133. The number of sulfonamides is 1. The highest BCUT2D eigenvalue weighted by molar-refractivity contribution is 7.88. The molecule has 7 heteroatoms. The maximum Gasteiger partial charge on any atom is 0.223 e. The van der Waals surface area contributed by atoms with E-state index in [1.807, 2.05) is 23.1 Å². The SMILES string of the molecule is CS(=O)(=O)N(CCC(=O)N1CCN(Cc2ccccc2)CC1)C1CCCC1. The zero-order chi connectivity index (χ0) is 19.3. The van der Waals surface area contributed by atoms with E-state index in [4.69, 9.17) is 0 Å². The van der Waals surface area contributed by atoms with Crippen molar-refractivity contribution in [1.82, 2.24) is 14.1 Å². The van der Waals surface area contributed by atoms with Crippen molar-refractivity contribution in [3.63, 3.8) is 0 Å². The number of hydrogen-bond acceptors (Lipinski definition) is 4. The number of hydrogen-bond donors (Lipinski definition) is 0. The molecule has 1 saturated heterocycles. The minimum atomic E-state index is -3.26. The summed E-state index contributed by atoms with van der Waals surface area (Å²) in [5, 5.41) is 0. The summed E-state index contributed by atoms with van der Waals surface area (Å²) in [6.45, 7) is 4.37. The van der Waals surface area contributed by atoms with Crippen molar-refractivity contribution >= 4 is 15.9 Å². The highest BCUT2D eigenvalue weighted by Gasteiger charge is 2.30. The van der Waals surface area contributed by atoms with E-state index in [2.05, 4.69) is 17.0 Å². The molecule has 0 spiro atoms. The first-order valence-electron chi connectivity index (χ1n) is 9.94. The maximum atomic E-state index is 12.6. The van der Waals surface area contributed by atoms with Crippen LogP contribution in [0.25, 0.3) is 0 Å². The molecule has 0 radical (unpaired) electrons. The topological polar surface area (TPSA) is 60.9 Å². The largest absolute Gasteiger partial charge is 0.340 e. The molecule has 0 atom stereocenters. The summed E-state index contributed by atoms with van der Waals surface area (Å²) in [6.07, 6.45) is 5.53. The molecule has 1 aromatic carbocycles. The molecular weight excluding hydrogens is 362 g/mol. The number of rotatable bonds is 7. The van der Waals surface area contributed by atoms with Crippen LogP contribution in [0.1, 0.15) is 37.7 Å². The molecule has 1 heterocycles. The summed E-state index contributed by atoms with van der Waals surface area (Å²) in [5.74, 6) is 0.0704. The van der Waals surface area contributed by atoms with Crippen LogP contribution in [0.5, 0.6) is 0 Å². The fourth-order valence-electron chi connectivity index (χ4n) is 4.17. The predicted molar refractivity (Wildman–Crippen MR) is 107 cm³/mol. The summed E-state index contributed by atoms with van der Waals surface area (Å²) < 4.78 is 25.8. The fourth-order valence-corrected chi connectivity index (χ4v) is 5.35. The van der Waals surface area contributed by atoms with Crippen LogP contribution in [-0.2, 0) is 21.4 Å². The van der Waals surface area contributed by atoms with Gasteiger partial charge in [0.25, 0.3) is 0 Å². The minimum Gasteiger partial charge on any atom is -0.340 e. The first-order chi connectivity index (χ1) is 12.9. The van der Waals surface area contributed by atoms with Crippen LogP contribution in [0.4, 0.5) is 0 Å². The Bertz CT molecular complexity index is 709. The summed E-state index contributed by atoms with van der Waals surface area (Å²) in [6, 6.07) is 10.4. The molecule has 2 aliphatic rings. The Labute approximate surface area is 163 Å². The van der Waals surface area contributed by atoms with Gasteiger partial charge in [-0.15, -0.1) is 0 Å². The predicted octanol–water partition coefficient (Wildman–Crippen LogP) is 1.93. The summed E-state index contributed by atoms with van der Waals surface area (Å²) >= 11 is 0. The molecule has 0 aromatic heterocycles. The van der Waals surface area contributed by atoms with Crippen molar-refractivity contribution in [2.24, 2.45) is 0 Å². The smallest absolute Gasteiger partial charge is 0.223 e. The molecule has 2 fully saturated rings. The van der Waals surface area contributed by atoms with Crippen molar-refractivity contribution in [3.8, 4) is 0 Å². The molecule has 3 rings (SSSR count). The van der Waals surface area contributed by atoms with Crippen LogP contribution in [0.2, 0.25) is 0 Å². The lowest BCUT2D eigenvalue weighted by Crippen LogP contribution is -2.49. The lowest BCUT2D eigenvalue weighted by atomic mass is 10.2. The minimum absolute atomic E-state index is 0.0704. The molecule has 1 amide bonds. The van der Waals surface area contributed by atoms with Crippen molar-refractivity contribution in [3.05, 3.63) is 35.9 Å². The molecule has 1 aromatic rings. The fraction of sp³-hybridized carbons (Fsp3) is 0.650. The van der Waals surface area contributed by atoms with Gasteiger partial charge >= 0.3 is 0 Å². The molecule has 0 unspecified atom stereocenters. The highest BCUT2D eigenvalue weighted by atomic mass is 32.2. The number of carbonyl (C=O) groups is 1. The second-order valence-electron chi connectivity index (χ2n) is 7.70. The van der Waals surface area contributed by atoms with E-state index in [-0.39, 0.29) is 18.4 Å². The first kappa shape index (κ1) is 20.3. The maximum absolute atomic E-state index is 12.6. The molecule has 27 heavy (non-hydrogen) atoms. The van der Waals surface area contributed by atoms with Gasteiger partial charge in [-0.2, -0.15) is 4.31 Å². The Morgan fingerprint density at radius 3 is 2.30 bits per heavy atom. The summed E-state index contributed by atoms with van der Waals surface area (Å²) in [4.78, 5) is 16.8. The molecular formula is C20H31N3O3S. The van der Waals surface area contributed by atoms with E-state index >= 15 is 0 Å². The van der Waals surface area contributed by atoms with E-state index in [0.29, 0.717) is 19.6 Å². The zero-order valence-corrected chi connectivity index (χ0v) is 17.0. The Kier molecular flexibility index (Phi) is 6.89. The Morgan fingerprint density at radius 2 is 1.70 bits per heavy atom. The molecule has 0 N–H and O–H groups in total. The van der Waals surface area contributed by atoms with Crippen LogP contribution in [0.3, 0.4) is 0 Å². The average molecular weight is 394 g/mol. The van der Waals surface area contributed by atoms with Gasteiger partial charge in [-0.25, -0.2) is 8.42 Å². The van der Waals surface area contributed by atoms with Gasteiger partial charge in [-0.3, -0.25) is 9.69 Å². The number of carbonyl (C=O) groups excluding carboxylic acids is 1. The molecule has 1 aliphatic carbocycles. The van der Waals surface area contributed by atoms with Crippen LogP contribution in [-0.4, -0.2) is 73.5 Å². The van der Waals surface area contributed by atoms with Crippen molar-refractivity contribution < 1.29 is 13.2 Å². The van der Waals surface area contributed by atoms with E-state index < -0.39 is 10.0 Å². The number of benzene rings is 1. The normalized spacial score (nSPS) is 19.7. The van der Waals surface area contributed by atoms with Gasteiger partial charge < -0.3 is 4.90 Å². The summed E-state index contributed by atoms with van der Waals surface area (Å²) in [7, 11) is -3.26. The van der Waals surface area contributed by atoms with Crippen molar-refractivity contribution in [1.29, 1.82) is 0 Å². The van der Waals surface area contributed by atoms with Crippen LogP contribution >= 0.6 is 0 Å². The molecule has 1 saturated carbocycles. The monoisotopic (exact) mass is 393 g/mol. The third kappa shape index (κ3) is 5.77. The zero-order valence-electron chi connectivity index (χ0n) is 16.2. The van der Waals surface area contributed by atoms with Gasteiger partial charge in [0.05, 0.1) is 6.26 Å². The molecule has 150 valence electrons. The van der Waals surface area contributed by atoms with Gasteiger partial charge in [0.2, 0.25) is 15.9 Å². The number of amides is 1. The quantitative estimate of drug-likeness (QED) is 0.710. The Morgan fingerprint density at radius 1 is 1.07 bits per heavy atom. The number of piperazine rings is 1. The van der Waals surface area contributed by atoms with E-state index in [9.17, 15) is 13.2 Å². The molecule has 0 bridgehead atoms. The van der Waals surface area contributed by atoms with Crippen LogP contribution < -0.4 is 0 Å². The lowest BCUT2D eigenvalue weighted by Gasteiger charge is -2.35.